The van der Waals surface area contributed by atoms with Crippen LogP contribution in [0.4, 0.5) is 10.1 Å². The number of halogens is 1. The molecule has 0 fully saturated rings. The number of rotatable bonds is 3. The highest BCUT2D eigenvalue weighted by Crippen LogP contribution is 2.26. The number of para-hydroxylation sites is 1. The van der Waals surface area contributed by atoms with Gasteiger partial charge in [-0.1, -0.05) is 12.0 Å². The summed E-state index contributed by atoms with van der Waals surface area (Å²) < 4.78 is 18.1. The first-order chi connectivity index (χ1) is 6.29. The Morgan fingerprint density at radius 3 is 3.00 bits per heavy atom. The molecule has 0 aromatic heterocycles. The lowest BCUT2D eigenvalue weighted by molar-refractivity contribution is 0.413. The van der Waals surface area contributed by atoms with Gasteiger partial charge in [0.15, 0.2) is 0 Å². The number of ether oxygens (including phenoxy) is 1. The monoisotopic (exact) mass is 179 g/mol. The summed E-state index contributed by atoms with van der Waals surface area (Å²) in [5, 5.41) is 2.75. The molecule has 0 saturated heterocycles. The Balaban J connectivity index is 2.95. The van der Waals surface area contributed by atoms with Gasteiger partial charge < -0.3 is 10.1 Å². The quantitative estimate of drug-likeness (QED) is 0.715. The van der Waals surface area contributed by atoms with Crippen LogP contribution in [0.1, 0.15) is 0 Å². The van der Waals surface area contributed by atoms with Gasteiger partial charge in [-0.25, -0.2) is 4.39 Å². The van der Waals surface area contributed by atoms with Crippen molar-refractivity contribution in [2.75, 3.05) is 19.0 Å². The van der Waals surface area contributed by atoms with Gasteiger partial charge in [0.05, 0.1) is 13.7 Å². The van der Waals surface area contributed by atoms with Crippen LogP contribution in [0.2, 0.25) is 0 Å². The van der Waals surface area contributed by atoms with E-state index in [1.54, 1.807) is 12.1 Å². The average molecular weight is 179 g/mol. The van der Waals surface area contributed by atoms with E-state index in [1.807, 2.05) is 0 Å². The molecule has 0 amide bonds. The number of hydrogen-bond donors (Lipinski definition) is 1. The van der Waals surface area contributed by atoms with E-state index in [0.717, 1.165) is 0 Å². The lowest BCUT2D eigenvalue weighted by atomic mass is 10.3. The van der Waals surface area contributed by atoms with Crippen molar-refractivity contribution in [3.8, 4) is 18.1 Å². The van der Waals surface area contributed by atoms with Crippen molar-refractivity contribution >= 4 is 5.69 Å². The van der Waals surface area contributed by atoms with Crippen LogP contribution in [0.25, 0.3) is 0 Å². The molecule has 2 nitrogen and oxygen atoms in total. The van der Waals surface area contributed by atoms with Crippen LogP contribution in [0.3, 0.4) is 0 Å². The van der Waals surface area contributed by atoms with Crippen molar-refractivity contribution in [3.63, 3.8) is 0 Å². The number of benzene rings is 1. The van der Waals surface area contributed by atoms with Gasteiger partial charge in [0.25, 0.3) is 0 Å². The minimum Gasteiger partial charge on any atom is -0.494 e. The second kappa shape index (κ2) is 4.36. The minimum absolute atomic E-state index is 0.275. The van der Waals surface area contributed by atoms with Crippen LogP contribution >= 0.6 is 0 Å². The summed E-state index contributed by atoms with van der Waals surface area (Å²) in [6.45, 7) is 0.275. The van der Waals surface area contributed by atoms with E-state index in [9.17, 15) is 4.39 Å². The van der Waals surface area contributed by atoms with E-state index < -0.39 is 0 Å². The second-order valence-corrected chi connectivity index (χ2v) is 2.37. The zero-order valence-electron chi connectivity index (χ0n) is 7.30. The van der Waals surface area contributed by atoms with E-state index in [-0.39, 0.29) is 12.4 Å². The average Bonchev–Trinajstić information content (AvgIpc) is 2.15. The third kappa shape index (κ3) is 2.12. The molecule has 0 atom stereocenters. The third-order valence-corrected chi connectivity index (χ3v) is 1.56. The lowest BCUT2D eigenvalue weighted by Gasteiger charge is -2.09. The van der Waals surface area contributed by atoms with Crippen LogP contribution in [-0.4, -0.2) is 13.7 Å². The molecule has 13 heavy (non-hydrogen) atoms. The standard InChI is InChI=1S/C10H10FNO/c1-3-7-12-10-8(11)5-4-6-9(10)13-2/h1,4-6,12H,7H2,2H3. The fraction of sp³-hybridized carbons (Fsp3) is 0.200. The molecule has 0 bridgehead atoms. The van der Waals surface area contributed by atoms with Gasteiger partial charge in [0, 0.05) is 0 Å². The van der Waals surface area contributed by atoms with Crippen LogP contribution in [-0.2, 0) is 0 Å². The predicted molar refractivity (Wildman–Crippen MR) is 50.3 cm³/mol. The molecule has 1 aromatic carbocycles. The summed E-state index contributed by atoms with van der Waals surface area (Å²) in [5.41, 5.74) is 0.308. The van der Waals surface area contributed by atoms with Crippen molar-refractivity contribution in [2.45, 2.75) is 0 Å². The molecule has 0 aliphatic heterocycles. The van der Waals surface area contributed by atoms with Gasteiger partial charge in [-0.15, -0.1) is 6.42 Å². The highest BCUT2D eigenvalue weighted by Gasteiger charge is 2.06. The normalized spacial score (nSPS) is 9.00. The molecule has 0 aliphatic carbocycles. The van der Waals surface area contributed by atoms with E-state index in [2.05, 4.69) is 11.2 Å². The Morgan fingerprint density at radius 2 is 2.38 bits per heavy atom. The van der Waals surface area contributed by atoms with E-state index in [1.165, 1.54) is 13.2 Å². The van der Waals surface area contributed by atoms with Crippen molar-refractivity contribution in [1.82, 2.24) is 0 Å². The van der Waals surface area contributed by atoms with E-state index >= 15 is 0 Å². The number of anilines is 1. The van der Waals surface area contributed by atoms with Gasteiger partial charge in [-0.2, -0.15) is 0 Å². The number of nitrogens with one attached hydrogen (secondary N) is 1. The van der Waals surface area contributed by atoms with Gasteiger partial charge >= 0.3 is 0 Å². The molecule has 1 N–H and O–H groups in total. The van der Waals surface area contributed by atoms with Crippen LogP contribution in [0.15, 0.2) is 18.2 Å². The van der Waals surface area contributed by atoms with Gasteiger partial charge in [-0.05, 0) is 12.1 Å². The summed E-state index contributed by atoms with van der Waals surface area (Å²) in [4.78, 5) is 0. The van der Waals surface area contributed by atoms with Crippen LogP contribution in [0.5, 0.6) is 5.75 Å². The Morgan fingerprint density at radius 1 is 1.62 bits per heavy atom. The number of terminal acetylenes is 1. The lowest BCUT2D eigenvalue weighted by Crippen LogP contribution is -2.02. The fourth-order valence-corrected chi connectivity index (χ4v) is 0.985. The van der Waals surface area contributed by atoms with Crippen molar-refractivity contribution in [2.24, 2.45) is 0 Å². The highest BCUT2D eigenvalue weighted by molar-refractivity contribution is 5.57. The molecule has 1 aromatic rings. The van der Waals surface area contributed by atoms with E-state index in [4.69, 9.17) is 11.2 Å². The molecule has 1 rings (SSSR count). The molecule has 68 valence electrons. The topological polar surface area (TPSA) is 21.3 Å². The maximum atomic E-state index is 13.1. The van der Waals surface area contributed by atoms with Gasteiger partial charge in [-0.3, -0.25) is 0 Å². The number of methoxy groups -OCH3 is 1. The summed E-state index contributed by atoms with van der Waals surface area (Å²) >= 11 is 0. The molecule has 0 radical (unpaired) electrons. The van der Waals surface area contributed by atoms with Gasteiger partial charge in [0.1, 0.15) is 17.3 Å². The first-order valence-electron chi connectivity index (χ1n) is 3.79. The van der Waals surface area contributed by atoms with E-state index in [0.29, 0.717) is 11.4 Å². The maximum absolute atomic E-state index is 13.1. The largest absolute Gasteiger partial charge is 0.494 e. The Hall–Kier alpha value is -1.69. The molecular weight excluding hydrogens is 169 g/mol. The molecule has 0 heterocycles. The fourth-order valence-electron chi connectivity index (χ4n) is 0.985. The third-order valence-electron chi connectivity index (χ3n) is 1.56. The Bertz CT molecular complexity index is 330. The summed E-state index contributed by atoms with van der Waals surface area (Å²) in [6, 6.07) is 4.60. The molecule has 3 heteroatoms. The summed E-state index contributed by atoms with van der Waals surface area (Å²) in [7, 11) is 1.48. The molecule has 0 saturated carbocycles. The molecule has 0 aliphatic rings. The molecule has 0 unspecified atom stereocenters. The molecule has 0 spiro atoms. The highest BCUT2D eigenvalue weighted by atomic mass is 19.1. The second-order valence-electron chi connectivity index (χ2n) is 2.37. The first kappa shape index (κ1) is 9.40. The summed E-state index contributed by atoms with van der Waals surface area (Å²) in [5.74, 6) is 2.45. The zero-order chi connectivity index (χ0) is 9.68. The number of hydrogen-bond acceptors (Lipinski definition) is 2. The Labute approximate surface area is 76.7 Å². The van der Waals surface area contributed by atoms with Crippen LogP contribution < -0.4 is 10.1 Å². The SMILES string of the molecule is C#CCNc1c(F)cccc1OC. The Kier molecular flexibility index (Phi) is 3.15. The molecular formula is C10H10FNO. The summed E-state index contributed by atoms with van der Waals surface area (Å²) in [6.07, 6.45) is 5.04. The first-order valence-corrected chi connectivity index (χ1v) is 3.79. The predicted octanol–water partition coefficient (Wildman–Crippen LogP) is 1.88. The minimum atomic E-state index is -0.366. The van der Waals surface area contributed by atoms with Gasteiger partial charge in [0.2, 0.25) is 0 Å². The van der Waals surface area contributed by atoms with Crippen LogP contribution in [0, 0.1) is 18.2 Å². The van der Waals surface area contributed by atoms with Crippen molar-refractivity contribution in [1.29, 1.82) is 0 Å². The van der Waals surface area contributed by atoms with Crippen molar-refractivity contribution < 1.29 is 9.13 Å². The smallest absolute Gasteiger partial charge is 0.150 e. The zero-order valence-corrected chi connectivity index (χ0v) is 7.30. The van der Waals surface area contributed by atoms with Crippen molar-refractivity contribution in [3.05, 3.63) is 24.0 Å². The maximum Gasteiger partial charge on any atom is 0.150 e.